The van der Waals surface area contributed by atoms with E-state index in [-0.39, 0.29) is 11.5 Å². The summed E-state index contributed by atoms with van der Waals surface area (Å²) in [4.78, 5) is 9.38. The highest BCUT2D eigenvalue weighted by Gasteiger charge is 2.15. The zero-order chi connectivity index (χ0) is 19.0. The summed E-state index contributed by atoms with van der Waals surface area (Å²) in [5, 5.41) is 28.6. The Morgan fingerprint density at radius 3 is 1.63 bits per heavy atom. The Bertz CT molecular complexity index is 1190. The van der Waals surface area contributed by atoms with Crippen molar-refractivity contribution in [2.24, 2.45) is 0 Å². The molecule has 0 fully saturated rings. The van der Waals surface area contributed by atoms with Gasteiger partial charge in [0.2, 0.25) is 0 Å². The summed E-state index contributed by atoms with van der Waals surface area (Å²) in [6, 6.07) is 19.9. The first kappa shape index (κ1) is 16.6. The van der Waals surface area contributed by atoms with Crippen LogP contribution in [0.5, 0.6) is 11.5 Å². The molecule has 0 radical (unpaired) electrons. The first-order chi connectivity index (χ1) is 13.0. The Hall–Kier alpha value is -3.91. The molecule has 1 heterocycles. The molecule has 5 heteroatoms. The van der Waals surface area contributed by atoms with Crippen molar-refractivity contribution in [3.8, 4) is 40.1 Å². The molecule has 0 saturated heterocycles. The van der Waals surface area contributed by atoms with E-state index in [1.807, 2.05) is 43.3 Å². The molecule has 0 saturated carbocycles. The molecule has 0 aliphatic heterocycles. The van der Waals surface area contributed by atoms with Crippen LogP contribution in [-0.2, 0) is 0 Å². The number of phenols is 2. The topological polar surface area (TPSA) is 90.0 Å². The smallest absolute Gasteiger partial charge is 0.159 e. The second-order valence-electron chi connectivity index (χ2n) is 6.31. The second kappa shape index (κ2) is 6.43. The number of rotatable bonds is 2. The fourth-order valence-electron chi connectivity index (χ4n) is 2.90. The molecule has 4 aromatic rings. The number of benzene rings is 3. The van der Waals surface area contributed by atoms with Gasteiger partial charge in [-0.05, 0) is 19.1 Å². The van der Waals surface area contributed by atoms with Gasteiger partial charge in [-0.3, -0.25) is 0 Å². The van der Waals surface area contributed by atoms with Crippen LogP contribution in [0.15, 0.2) is 60.7 Å². The number of aromatic nitrogens is 2. The lowest BCUT2D eigenvalue weighted by molar-refractivity contribution is 0.404. The number of nitrogens with zero attached hydrogens (tertiary/aromatic N) is 3. The third kappa shape index (κ3) is 3.05. The monoisotopic (exact) mass is 353 g/mol. The zero-order valence-corrected chi connectivity index (χ0v) is 14.5. The van der Waals surface area contributed by atoms with Gasteiger partial charge in [0.05, 0.1) is 34.1 Å². The van der Waals surface area contributed by atoms with Crippen molar-refractivity contribution >= 4 is 11.0 Å². The van der Waals surface area contributed by atoms with Gasteiger partial charge in [-0.2, -0.15) is 5.26 Å². The summed E-state index contributed by atoms with van der Waals surface area (Å²) in [5.41, 5.74) is 5.66. The lowest BCUT2D eigenvalue weighted by atomic mass is 10.0. The molecular formula is C22H15N3O2. The van der Waals surface area contributed by atoms with Gasteiger partial charge in [0, 0.05) is 23.3 Å². The molecule has 2 N–H and O–H groups in total. The normalized spacial score (nSPS) is 10.7. The first-order valence-corrected chi connectivity index (χ1v) is 8.36. The highest BCUT2D eigenvalue weighted by Crippen LogP contribution is 2.34. The van der Waals surface area contributed by atoms with E-state index >= 15 is 0 Å². The van der Waals surface area contributed by atoms with Crippen LogP contribution in [0.2, 0.25) is 0 Å². The lowest BCUT2D eigenvalue weighted by Crippen LogP contribution is -1.96. The van der Waals surface area contributed by atoms with E-state index in [4.69, 9.17) is 10.2 Å². The van der Waals surface area contributed by atoms with Crippen LogP contribution in [-0.4, -0.2) is 20.2 Å². The Balaban J connectivity index is 2.01. The summed E-state index contributed by atoms with van der Waals surface area (Å²) in [5.74, 6) is -0.483. The molecule has 27 heavy (non-hydrogen) atoms. The maximum atomic E-state index is 9.81. The van der Waals surface area contributed by atoms with Gasteiger partial charge >= 0.3 is 0 Å². The molecule has 3 aromatic carbocycles. The molecule has 0 atom stereocenters. The largest absolute Gasteiger partial charge is 0.504 e. The fraction of sp³-hybridized carbons (Fsp3) is 0.0455. The molecule has 5 nitrogen and oxygen atoms in total. The number of aryl methyl sites for hydroxylation is 1. The van der Waals surface area contributed by atoms with Gasteiger partial charge in [-0.25, -0.2) is 9.97 Å². The molecular weight excluding hydrogens is 338 g/mol. The number of fused-ring (bicyclic) bond motifs is 1. The summed E-state index contributed by atoms with van der Waals surface area (Å²) < 4.78 is 0. The van der Waals surface area contributed by atoms with Crippen LogP contribution in [0.1, 0.15) is 11.1 Å². The minimum Gasteiger partial charge on any atom is -0.504 e. The molecule has 1 aromatic heterocycles. The van der Waals surface area contributed by atoms with Crippen molar-refractivity contribution in [3.05, 3.63) is 71.8 Å². The minimum absolute atomic E-state index is 0.238. The van der Waals surface area contributed by atoms with Gasteiger partial charge in [0.1, 0.15) is 0 Å². The predicted molar refractivity (Wildman–Crippen MR) is 103 cm³/mol. The third-order valence-corrected chi connectivity index (χ3v) is 4.37. The van der Waals surface area contributed by atoms with Crippen LogP contribution in [0.3, 0.4) is 0 Å². The molecule has 0 aliphatic rings. The molecule has 0 aliphatic carbocycles. The summed E-state index contributed by atoms with van der Waals surface area (Å²) >= 11 is 0. The number of nitriles is 1. The summed E-state index contributed by atoms with van der Waals surface area (Å²) in [6.07, 6.45) is 0. The Morgan fingerprint density at radius 2 is 1.19 bits per heavy atom. The Kier molecular flexibility index (Phi) is 3.94. The van der Waals surface area contributed by atoms with Crippen LogP contribution in [0, 0.1) is 18.3 Å². The van der Waals surface area contributed by atoms with Crippen molar-refractivity contribution in [2.45, 2.75) is 6.92 Å². The van der Waals surface area contributed by atoms with Crippen molar-refractivity contribution in [1.82, 2.24) is 9.97 Å². The van der Waals surface area contributed by atoms with Gasteiger partial charge in [0.25, 0.3) is 0 Å². The Morgan fingerprint density at radius 1 is 0.741 bits per heavy atom. The molecule has 4 rings (SSSR count). The van der Waals surface area contributed by atoms with Crippen LogP contribution in [0.4, 0.5) is 0 Å². The van der Waals surface area contributed by atoms with E-state index in [1.165, 1.54) is 12.1 Å². The summed E-state index contributed by atoms with van der Waals surface area (Å²) in [7, 11) is 0. The Labute approximate surface area is 155 Å². The average molecular weight is 353 g/mol. The lowest BCUT2D eigenvalue weighted by Gasteiger charge is -2.11. The zero-order valence-electron chi connectivity index (χ0n) is 14.5. The molecule has 130 valence electrons. The number of aromatic hydroxyl groups is 2. The minimum atomic E-state index is -0.245. The maximum Gasteiger partial charge on any atom is 0.159 e. The van der Waals surface area contributed by atoms with Crippen molar-refractivity contribution in [1.29, 1.82) is 5.26 Å². The van der Waals surface area contributed by atoms with Crippen LogP contribution >= 0.6 is 0 Å². The number of phenolic OH excluding ortho intramolecular Hbond substituents is 2. The van der Waals surface area contributed by atoms with Gasteiger partial charge in [-0.15, -0.1) is 0 Å². The van der Waals surface area contributed by atoms with Gasteiger partial charge in [-0.1, -0.05) is 42.0 Å². The van der Waals surface area contributed by atoms with E-state index in [9.17, 15) is 10.2 Å². The fourth-order valence-corrected chi connectivity index (χ4v) is 2.90. The van der Waals surface area contributed by atoms with E-state index in [2.05, 4.69) is 11.1 Å². The van der Waals surface area contributed by atoms with E-state index < -0.39 is 0 Å². The number of hydrogen-bond donors (Lipinski definition) is 2. The van der Waals surface area contributed by atoms with Crippen molar-refractivity contribution in [3.63, 3.8) is 0 Å². The maximum absolute atomic E-state index is 9.81. The van der Waals surface area contributed by atoms with Crippen molar-refractivity contribution < 1.29 is 10.2 Å². The first-order valence-electron chi connectivity index (χ1n) is 8.36. The van der Waals surface area contributed by atoms with Gasteiger partial charge in [0.15, 0.2) is 11.5 Å². The predicted octanol–water partition coefficient (Wildman–Crippen LogP) is 4.56. The molecule has 0 unspecified atom stereocenters. The number of hydrogen-bond acceptors (Lipinski definition) is 5. The van der Waals surface area contributed by atoms with Crippen LogP contribution in [0.25, 0.3) is 33.5 Å². The molecule has 0 spiro atoms. The average Bonchev–Trinajstić information content (AvgIpc) is 2.69. The second-order valence-corrected chi connectivity index (χ2v) is 6.31. The van der Waals surface area contributed by atoms with E-state index in [0.29, 0.717) is 28.0 Å². The van der Waals surface area contributed by atoms with E-state index in [1.54, 1.807) is 12.1 Å². The quantitative estimate of drug-likeness (QED) is 0.516. The van der Waals surface area contributed by atoms with E-state index in [0.717, 1.165) is 16.7 Å². The SMILES string of the molecule is Cc1ccc(-c2nc3cc(O)c(O)cc3nc2-c2ccc(C#N)cc2)cc1. The molecule has 0 bridgehead atoms. The standard InChI is InChI=1S/C22H15N3O2/c1-13-2-6-15(7-3-13)21-22(16-8-4-14(12-23)5-9-16)25-18-11-20(27)19(26)10-17(18)24-21/h2-11,26-27H,1H3. The highest BCUT2D eigenvalue weighted by molar-refractivity contribution is 5.87. The van der Waals surface area contributed by atoms with Crippen LogP contribution < -0.4 is 0 Å². The summed E-state index contributed by atoms with van der Waals surface area (Å²) in [6.45, 7) is 2.01. The van der Waals surface area contributed by atoms with Gasteiger partial charge < -0.3 is 10.2 Å². The highest BCUT2D eigenvalue weighted by atomic mass is 16.3. The molecule has 0 amide bonds. The van der Waals surface area contributed by atoms with Crippen molar-refractivity contribution in [2.75, 3.05) is 0 Å². The third-order valence-electron chi connectivity index (χ3n) is 4.37.